The number of aromatic nitrogens is 6. The molecule has 4 heterocycles. The van der Waals surface area contributed by atoms with Crippen LogP contribution >= 0.6 is 11.3 Å². The van der Waals surface area contributed by atoms with E-state index in [-0.39, 0.29) is 30.8 Å². The van der Waals surface area contributed by atoms with E-state index < -0.39 is 0 Å². The maximum Gasteiger partial charge on any atom is 0.232 e. The molecular weight excluding hydrogens is 528 g/mol. The van der Waals surface area contributed by atoms with Crippen molar-refractivity contribution in [1.82, 2.24) is 30.4 Å². The van der Waals surface area contributed by atoms with E-state index in [9.17, 15) is 9.59 Å². The van der Waals surface area contributed by atoms with Crippen LogP contribution in [0.15, 0.2) is 54.9 Å². The van der Waals surface area contributed by atoms with Crippen LogP contribution in [-0.4, -0.2) is 48.3 Å². The van der Waals surface area contributed by atoms with Crippen LogP contribution in [0.2, 0.25) is 0 Å². The molecule has 40 heavy (non-hydrogen) atoms. The average Bonchev–Trinajstić information content (AvgIpc) is 3.37. The van der Waals surface area contributed by atoms with Crippen LogP contribution < -0.4 is 15.4 Å². The third-order valence-electron chi connectivity index (χ3n) is 6.33. The van der Waals surface area contributed by atoms with E-state index in [1.807, 2.05) is 36.4 Å². The van der Waals surface area contributed by atoms with Crippen molar-refractivity contribution in [1.29, 1.82) is 0 Å². The lowest BCUT2D eigenvalue weighted by molar-refractivity contribution is -0.116. The lowest BCUT2D eigenvalue weighted by Gasteiger charge is -2.26. The molecule has 0 atom stereocenters. The third-order valence-corrected chi connectivity index (χ3v) is 7.22. The summed E-state index contributed by atoms with van der Waals surface area (Å²) in [5.74, 6) is 0.780. The molecular formula is C28H30N8O3S. The molecule has 1 aliphatic carbocycles. The van der Waals surface area contributed by atoms with Gasteiger partial charge in [-0.3, -0.25) is 19.6 Å². The highest BCUT2D eigenvalue weighted by molar-refractivity contribution is 7.15. The van der Waals surface area contributed by atoms with Crippen molar-refractivity contribution < 1.29 is 14.3 Å². The molecule has 0 bridgehead atoms. The number of carbonyl (C=O) groups is 2. The van der Waals surface area contributed by atoms with Gasteiger partial charge in [-0.15, -0.1) is 15.3 Å². The molecule has 11 nitrogen and oxygen atoms in total. The second-order valence-corrected chi connectivity index (χ2v) is 10.6. The van der Waals surface area contributed by atoms with Gasteiger partial charge in [-0.2, -0.15) is 5.10 Å². The Morgan fingerprint density at radius 1 is 0.825 bits per heavy atom. The Morgan fingerprint density at radius 3 is 2.42 bits per heavy atom. The highest BCUT2D eigenvalue weighted by atomic mass is 32.1. The quantitative estimate of drug-likeness (QED) is 0.233. The summed E-state index contributed by atoms with van der Waals surface area (Å²) in [5.41, 5.74) is 2.20. The van der Waals surface area contributed by atoms with Gasteiger partial charge in [0.05, 0.1) is 30.3 Å². The molecule has 206 valence electrons. The molecule has 1 saturated carbocycles. The van der Waals surface area contributed by atoms with Gasteiger partial charge in [-0.05, 0) is 68.9 Å². The molecule has 0 saturated heterocycles. The Kier molecular flexibility index (Phi) is 9.30. The van der Waals surface area contributed by atoms with E-state index in [4.69, 9.17) is 4.74 Å². The molecule has 1 fully saturated rings. The van der Waals surface area contributed by atoms with Crippen molar-refractivity contribution in [2.24, 2.45) is 0 Å². The number of ether oxygens (including phenoxy) is 1. The van der Waals surface area contributed by atoms with Gasteiger partial charge in [-0.1, -0.05) is 17.4 Å². The number of unbranched alkanes of at least 4 members (excludes halogenated alkanes) is 1. The van der Waals surface area contributed by atoms with Crippen molar-refractivity contribution in [3.63, 3.8) is 0 Å². The summed E-state index contributed by atoms with van der Waals surface area (Å²) >= 11 is 1.38. The molecule has 2 amide bonds. The third kappa shape index (κ3) is 8.34. The summed E-state index contributed by atoms with van der Waals surface area (Å²) in [7, 11) is 0. The average molecular weight is 559 g/mol. The predicted molar refractivity (Wildman–Crippen MR) is 150 cm³/mol. The minimum absolute atomic E-state index is 0.131. The number of pyridine rings is 2. The summed E-state index contributed by atoms with van der Waals surface area (Å²) < 4.78 is 5.89. The summed E-state index contributed by atoms with van der Waals surface area (Å²) in [4.78, 5) is 33.1. The van der Waals surface area contributed by atoms with Crippen LogP contribution in [0.4, 0.5) is 10.9 Å². The zero-order chi connectivity index (χ0) is 27.6. The molecule has 0 radical (unpaired) electrons. The van der Waals surface area contributed by atoms with Crippen molar-refractivity contribution >= 4 is 34.1 Å². The molecule has 0 aromatic carbocycles. The van der Waals surface area contributed by atoms with E-state index in [2.05, 4.69) is 41.0 Å². The van der Waals surface area contributed by atoms with Gasteiger partial charge in [0.2, 0.25) is 16.9 Å². The molecule has 0 spiro atoms. The number of hydrogen-bond acceptors (Lipinski definition) is 10. The monoisotopic (exact) mass is 558 g/mol. The van der Waals surface area contributed by atoms with Gasteiger partial charge in [0.15, 0.2) is 5.82 Å². The molecule has 12 heteroatoms. The number of anilines is 2. The van der Waals surface area contributed by atoms with Crippen molar-refractivity contribution in [2.75, 3.05) is 10.6 Å². The minimum Gasteiger partial charge on any atom is -0.490 e. The Labute approximate surface area is 235 Å². The van der Waals surface area contributed by atoms with E-state index in [0.717, 1.165) is 55.0 Å². The SMILES string of the molecule is O=C(Cc1cc(OC2CCC2)ccn1)Nc1ccc(CCCCc2nnc(NC(=O)Cc3ccccn3)s2)nn1. The first-order valence-electron chi connectivity index (χ1n) is 13.4. The Hall–Kier alpha value is -4.32. The summed E-state index contributed by atoms with van der Waals surface area (Å²) in [6.45, 7) is 0. The van der Waals surface area contributed by atoms with Crippen molar-refractivity contribution in [3.8, 4) is 5.75 Å². The topological polar surface area (TPSA) is 145 Å². The normalized spacial score (nSPS) is 12.9. The number of nitrogens with one attached hydrogen (secondary N) is 2. The zero-order valence-corrected chi connectivity index (χ0v) is 22.8. The molecule has 0 aliphatic heterocycles. The Morgan fingerprint density at radius 2 is 1.65 bits per heavy atom. The second-order valence-electron chi connectivity index (χ2n) is 9.54. The number of rotatable bonds is 13. The van der Waals surface area contributed by atoms with Crippen LogP contribution in [0, 0.1) is 0 Å². The minimum atomic E-state index is -0.209. The molecule has 0 unspecified atom stereocenters. The molecule has 4 aromatic heterocycles. The van der Waals surface area contributed by atoms with E-state index >= 15 is 0 Å². The molecule has 1 aliphatic rings. The van der Waals surface area contributed by atoms with Gasteiger partial charge >= 0.3 is 0 Å². The van der Waals surface area contributed by atoms with Crippen LogP contribution in [-0.2, 0) is 35.3 Å². The highest BCUT2D eigenvalue weighted by Gasteiger charge is 2.19. The second kappa shape index (κ2) is 13.7. The van der Waals surface area contributed by atoms with E-state index in [0.29, 0.717) is 22.3 Å². The van der Waals surface area contributed by atoms with Crippen LogP contribution in [0.1, 0.15) is 54.2 Å². The fourth-order valence-corrected chi connectivity index (χ4v) is 4.83. The van der Waals surface area contributed by atoms with Gasteiger partial charge in [0.1, 0.15) is 10.8 Å². The summed E-state index contributed by atoms with van der Waals surface area (Å²) in [6, 6.07) is 12.7. The lowest BCUT2D eigenvalue weighted by Crippen LogP contribution is -2.24. The molecule has 2 N–H and O–H groups in total. The van der Waals surface area contributed by atoms with Crippen molar-refractivity contribution in [3.05, 3.63) is 76.9 Å². The van der Waals surface area contributed by atoms with Gasteiger partial charge < -0.3 is 15.4 Å². The zero-order valence-electron chi connectivity index (χ0n) is 22.0. The Balaban J connectivity index is 0.995. The fraction of sp³-hybridized carbons (Fsp3) is 0.357. The first-order valence-corrected chi connectivity index (χ1v) is 14.2. The smallest absolute Gasteiger partial charge is 0.232 e. The van der Waals surface area contributed by atoms with Crippen LogP contribution in [0.25, 0.3) is 0 Å². The Bertz CT molecular complexity index is 1410. The largest absolute Gasteiger partial charge is 0.490 e. The maximum atomic E-state index is 12.5. The maximum absolute atomic E-state index is 12.5. The number of amides is 2. The number of hydrogen-bond donors (Lipinski definition) is 2. The van der Waals surface area contributed by atoms with Crippen LogP contribution in [0.3, 0.4) is 0 Å². The van der Waals surface area contributed by atoms with E-state index in [1.54, 1.807) is 18.5 Å². The molecule has 4 aromatic rings. The first-order chi connectivity index (χ1) is 19.6. The van der Waals surface area contributed by atoms with Gasteiger partial charge in [0, 0.05) is 30.6 Å². The summed E-state index contributed by atoms with van der Waals surface area (Å²) in [6.07, 6.45) is 10.6. The standard InChI is InChI=1S/C28H30N8O3S/c37-25(18-21-16-23(13-15-30-21)39-22-8-5-9-22)31-24-12-11-19(33-34-24)6-1-2-10-27-35-36-28(40-27)32-26(38)17-20-7-3-4-14-29-20/h3-4,7,11-16,22H,1-2,5-6,8-10,17-18H2,(H,31,34,37)(H,32,36,38). The van der Waals surface area contributed by atoms with Gasteiger partial charge in [-0.25, -0.2) is 0 Å². The number of nitrogens with zero attached hydrogens (tertiary/aromatic N) is 6. The summed E-state index contributed by atoms with van der Waals surface area (Å²) in [5, 5.41) is 23.5. The van der Waals surface area contributed by atoms with Crippen LogP contribution in [0.5, 0.6) is 5.75 Å². The van der Waals surface area contributed by atoms with E-state index in [1.165, 1.54) is 17.8 Å². The number of aryl methyl sites for hydroxylation is 2. The fourth-order valence-electron chi connectivity index (χ4n) is 4.04. The molecule has 5 rings (SSSR count). The van der Waals surface area contributed by atoms with Crippen molar-refractivity contribution in [2.45, 2.75) is 63.9 Å². The first kappa shape index (κ1) is 27.3. The predicted octanol–water partition coefficient (Wildman–Crippen LogP) is 3.98. The highest BCUT2D eigenvalue weighted by Crippen LogP contribution is 2.25. The number of carbonyl (C=O) groups excluding carboxylic acids is 2. The lowest BCUT2D eigenvalue weighted by atomic mass is 9.96. The van der Waals surface area contributed by atoms with Gasteiger partial charge in [0.25, 0.3) is 0 Å².